The zero-order valence-electron chi connectivity index (χ0n) is 16.8. The zero-order chi connectivity index (χ0) is 22.2. The maximum Gasteiger partial charge on any atom is 2.00 e. The molecule has 0 unspecified atom stereocenters. The van der Waals surface area contributed by atoms with E-state index in [1.54, 1.807) is 24.3 Å². The molecule has 162 valence electrons. The van der Waals surface area contributed by atoms with Crippen molar-refractivity contribution in [3.05, 3.63) is 95.5 Å². The molecule has 0 spiro atoms. The van der Waals surface area contributed by atoms with Gasteiger partial charge in [-0.3, -0.25) is 13.5 Å². The van der Waals surface area contributed by atoms with Crippen molar-refractivity contribution < 1.29 is 34.2 Å². The fraction of sp³-hybridized carbons (Fsp3) is 0.130. The summed E-state index contributed by atoms with van der Waals surface area (Å²) in [6, 6.07) is 16.0. The van der Waals surface area contributed by atoms with Crippen LogP contribution in [0.3, 0.4) is 0 Å². The van der Waals surface area contributed by atoms with Crippen LogP contribution in [0.15, 0.2) is 48.8 Å². The third kappa shape index (κ3) is 4.08. The molecule has 9 heteroatoms. The predicted octanol–water partition coefficient (Wildman–Crippen LogP) is 4.54. The predicted molar refractivity (Wildman–Crippen MR) is 105 cm³/mol. The van der Waals surface area contributed by atoms with Crippen molar-refractivity contribution >= 4 is 0 Å². The summed E-state index contributed by atoms with van der Waals surface area (Å²) in [6.45, 7) is 3.72. The first-order valence-corrected chi connectivity index (χ1v) is 9.19. The Hall–Kier alpha value is -3.30. The van der Waals surface area contributed by atoms with Gasteiger partial charge in [0.05, 0.1) is 23.0 Å². The summed E-state index contributed by atoms with van der Waals surface area (Å²) in [6.07, 6.45) is 2.80. The van der Waals surface area contributed by atoms with Gasteiger partial charge < -0.3 is 9.97 Å². The molecule has 3 aromatic heterocycles. The van der Waals surface area contributed by atoms with Crippen molar-refractivity contribution in [1.82, 2.24) is 19.7 Å². The maximum absolute atomic E-state index is 14.5. The molecule has 0 aliphatic carbocycles. The van der Waals surface area contributed by atoms with Crippen molar-refractivity contribution in [2.75, 3.05) is 0 Å². The summed E-state index contributed by atoms with van der Waals surface area (Å²) >= 11 is 0. The van der Waals surface area contributed by atoms with Crippen LogP contribution in [-0.2, 0) is 26.5 Å². The van der Waals surface area contributed by atoms with E-state index in [-0.39, 0.29) is 32.3 Å². The monoisotopic (exact) mass is 612 g/mol. The minimum Gasteiger partial charge on any atom is -0.326 e. The molecule has 0 fully saturated rings. The molecule has 32 heavy (non-hydrogen) atoms. The molecule has 0 aliphatic rings. The van der Waals surface area contributed by atoms with Crippen molar-refractivity contribution in [3.63, 3.8) is 0 Å². The van der Waals surface area contributed by atoms with E-state index in [0.29, 0.717) is 17.1 Å². The second kappa shape index (κ2) is 9.05. The van der Waals surface area contributed by atoms with E-state index in [1.807, 2.05) is 13.8 Å². The summed E-state index contributed by atoms with van der Waals surface area (Å²) in [4.78, 5) is 8.18. The Kier molecular flexibility index (Phi) is 6.61. The Balaban J connectivity index is 0.00000289. The van der Waals surface area contributed by atoms with E-state index in [9.17, 15) is 13.2 Å². The SMILES string of the molecule is CC(C)(c1cccc(-c2[c-]ccnc2F)n1)c1ccn(-c2[c-]cc(F)c(C#N)c2F)n1.[Pt+2]. The van der Waals surface area contributed by atoms with Gasteiger partial charge in [0.1, 0.15) is 5.95 Å². The molecule has 5 nitrogen and oxygen atoms in total. The second-order valence-corrected chi connectivity index (χ2v) is 7.22. The number of hydrogen-bond acceptors (Lipinski definition) is 4. The molecule has 0 saturated carbocycles. The number of aromatic nitrogens is 4. The van der Waals surface area contributed by atoms with Crippen LogP contribution in [0.4, 0.5) is 13.2 Å². The van der Waals surface area contributed by atoms with Gasteiger partial charge in [-0.25, -0.2) is 4.39 Å². The second-order valence-electron chi connectivity index (χ2n) is 7.22. The molecule has 0 saturated heterocycles. The molecule has 0 aliphatic heterocycles. The molecular formula is C23H14F3N5Pt. The molecular weight excluding hydrogens is 598 g/mol. The van der Waals surface area contributed by atoms with Crippen LogP contribution in [0, 0.1) is 41.0 Å². The van der Waals surface area contributed by atoms with Crippen molar-refractivity contribution in [3.8, 4) is 23.0 Å². The third-order valence-electron chi connectivity index (χ3n) is 4.91. The van der Waals surface area contributed by atoms with Crippen LogP contribution >= 0.6 is 0 Å². The minimum absolute atomic E-state index is 0. The minimum atomic E-state index is -1.04. The summed E-state index contributed by atoms with van der Waals surface area (Å²) in [7, 11) is 0. The van der Waals surface area contributed by atoms with Crippen molar-refractivity contribution in [2.24, 2.45) is 0 Å². The first kappa shape index (κ1) is 23.4. The summed E-state index contributed by atoms with van der Waals surface area (Å²) < 4.78 is 43.4. The molecule has 0 bridgehead atoms. The summed E-state index contributed by atoms with van der Waals surface area (Å²) in [5, 5.41) is 13.4. The van der Waals surface area contributed by atoms with Gasteiger partial charge in [0, 0.05) is 23.3 Å². The van der Waals surface area contributed by atoms with Crippen LogP contribution in [0.1, 0.15) is 30.8 Å². The Labute approximate surface area is 196 Å². The number of hydrogen-bond donors (Lipinski definition) is 0. The van der Waals surface area contributed by atoms with Crippen LogP contribution in [-0.4, -0.2) is 19.7 Å². The third-order valence-corrected chi connectivity index (χ3v) is 4.91. The molecule has 0 amide bonds. The number of rotatable bonds is 4. The molecule has 0 radical (unpaired) electrons. The zero-order valence-corrected chi connectivity index (χ0v) is 19.1. The van der Waals surface area contributed by atoms with Crippen LogP contribution in [0.5, 0.6) is 0 Å². The van der Waals surface area contributed by atoms with Crippen LogP contribution in [0.25, 0.3) is 16.9 Å². The average Bonchev–Trinajstić information content (AvgIpc) is 3.25. The van der Waals surface area contributed by atoms with Gasteiger partial charge in [0.25, 0.3) is 0 Å². The van der Waals surface area contributed by atoms with Crippen molar-refractivity contribution in [1.29, 1.82) is 5.26 Å². The fourth-order valence-electron chi connectivity index (χ4n) is 3.12. The molecule has 0 N–H and O–H groups in total. The van der Waals surface area contributed by atoms with Gasteiger partial charge in [-0.1, -0.05) is 23.9 Å². The summed E-state index contributed by atoms with van der Waals surface area (Å²) in [5.41, 5.74) is 0.0264. The van der Waals surface area contributed by atoms with Gasteiger partial charge in [-0.2, -0.15) is 16.4 Å². The van der Waals surface area contributed by atoms with E-state index in [2.05, 4.69) is 27.2 Å². The van der Waals surface area contributed by atoms with Gasteiger partial charge in [0.2, 0.25) is 0 Å². The standard InChI is InChI=1S/C23H14F3N5.Pt/c1-23(2,19-7-3-6-17(29-19)14-5-4-11-28-22(14)26)20-10-12-31(30-20)18-9-8-16(24)15(13-27)21(18)25;/h3-4,6-8,10-12H,1-2H3;/q-2;+2. The van der Waals surface area contributed by atoms with Gasteiger partial charge >= 0.3 is 21.1 Å². The van der Waals surface area contributed by atoms with Gasteiger partial charge in [-0.15, -0.1) is 18.2 Å². The first-order chi connectivity index (χ1) is 14.8. The molecule has 1 aromatic carbocycles. The smallest absolute Gasteiger partial charge is 0.326 e. The quantitative estimate of drug-likeness (QED) is 0.251. The van der Waals surface area contributed by atoms with E-state index in [4.69, 9.17) is 5.26 Å². The van der Waals surface area contributed by atoms with Crippen molar-refractivity contribution in [2.45, 2.75) is 19.3 Å². The topological polar surface area (TPSA) is 67.4 Å². The average molecular weight is 612 g/mol. The van der Waals surface area contributed by atoms with Crippen LogP contribution < -0.4 is 0 Å². The Morgan fingerprint density at radius 3 is 2.59 bits per heavy atom. The molecule has 3 heterocycles. The number of benzene rings is 1. The Bertz CT molecular complexity index is 1330. The first-order valence-electron chi connectivity index (χ1n) is 9.19. The number of nitriles is 1. The maximum atomic E-state index is 14.5. The van der Waals surface area contributed by atoms with Crippen LogP contribution in [0.2, 0.25) is 0 Å². The molecule has 4 rings (SSSR count). The van der Waals surface area contributed by atoms with E-state index in [0.717, 1.165) is 6.07 Å². The normalized spacial score (nSPS) is 11.0. The van der Waals surface area contributed by atoms with E-state index < -0.39 is 28.6 Å². The number of nitrogens with zero attached hydrogens (tertiary/aromatic N) is 5. The number of pyridine rings is 2. The largest absolute Gasteiger partial charge is 2.00 e. The Morgan fingerprint density at radius 1 is 1.09 bits per heavy atom. The molecule has 0 atom stereocenters. The van der Waals surface area contributed by atoms with Gasteiger partial charge in [0.15, 0.2) is 0 Å². The fourth-order valence-corrected chi connectivity index (χ4v) is 3.12. The van der Waals surface area contributed by atoms with E-state index >= 15 is 0 Å². The Morgan fingerprint density at radius 2 is 1.88 bits per heavy atom. The van der Waals surface area contributed by atoms with E-state index in [1.165, 1.54) is 29.2 Å². The molecule has 4 aromatic rings. The van der Waals surface area contributed by atoms with Gasteiger partial charge in [-0.05, 0) is 37.4 Å². The number of halogens is 3. The summed E-state index contributed by atoms with van der Waals surface area (Å²) in [5.74, 6) is -2.71.